The summed E-state index contributed by atoms with van der Waals surface area (Å²) in [6.45, 7) is 10.2. The molecule has 156 valence electrons. The van der Waals surface area contributed by atoms with E-state index in [-0.39, 0.29) is 10.6 Å². The van der Waals surface area contributed by atoms with Crippen LogP contribution in [0.25, 0.3) is 11.1 Å². The van der Waals surface area contributed by atoms with E-state index >= 15 is 0 Å². The van der Waals surface area contributed by atoms with Gasteiger partial charge in [0.1, 0.15) is 5.76 Å². The van der Waals surface area contributed by atoms with Crippen LogP contribution in [0.5, 0.6) is 0 Å². The number of likely N-dealkylation sites (N-methyl/N-ethyl adjacent to an activating group) is 1. The van der Waals surface area contributed by atoms with Gasteiger partial charge in [0, 0.05) is 74.3 Å². The lowest BCUT2D eigenvalue weighted by Gasteiger charge is -2.43. The highest BCUT2D eigenvalue weighted by molar-refractivity contribution is 5.83. The number of nitro benzene ring substituents is 1. The average Bonchev–Trinajstić information content (AvgIpc) is 3.06. The number of aryl methyl sites for hydroxylation is 2. The van der Waals surface area contributed by atoms with Crippen molar-refractivity contribution < 1.29 is 9.45 Å². The maximum atomic E-state index is 11.4. The number of rotatable bonds is 4. The number of hydrogen-bond acceptors (Lipinski definition) is 7. The Balaban J connectivity index is 1.57. The second kappa shape index (κ2) is 8.12. The van der Waals surface area contributed by atoms with E-state index < -0.39 is 0 Å². The summed E-state index contributed by atoms with van der Waals surface area (Å²) in [6.07, 6.45) is 2.23. The van der Waals surface area contributed by atoms with Crippen molar-refractivity contribution >= 4 is 11.4 Å². The normalized spacial score (nSPS) is 19.6. The van der Waals surface area contributed by atoms with Gasteiger partial charge in [-0.1, -0.05) is 5.16 Å². The Labute approximate surface area is 171 Å². The lowest BCUT2D eigenvalue weighted by atomic mass is 9.97. The van der Waals surface area contributed by atoms with E-state index in [4.69, 9.17) is 4.52 Å². The molecular formula is C21H29N5O3. The van der Waals surface area contributed by atoms with Crippen molar-refractivity contribution in [2.24, 2.45) is 0 Å². The lowest BCUT2D eigenvalue weighted by Crippen LogP contribution is -2.52. The Kier molecular flexibility index (Phi) is 5.56. The van der Waals surface area contributed by atoms with Crippen LogP contribution >= 0.6 is 0 Å². The highest BCUT2D eigenvalue weighted by Crippen LogP contribution is 2.38. The predicted octanol–water partition coefficient (Wildman–Crippen LogP) is 3.08. The number of nitrogens with zero attached hydrogens (tertiary/aromatic N) is 5. The van der Waals surface area contributed by atoms with Crippen molar-refractivity contribution in [3.63, 3.8) is 0 Å². The fraction of sp³-hybridized carbons (Fsp3) is 0.571. The molecule has 3 heterocycles. The zero-order chi connectivity index (χ0) is 20.5. The fourth-order valence-electron chi connectivity index (χ4n) is 4.64. The second-order valence-electron chi connectivity index (χ2n) is 8.22. The molecule has 0 atom stereocenters. The molecule has 0 radical (unpaired) electrons. The largest absolute Gasteiger partial charge is 0.371 e. The SMILES string of the molecule is Cc1noc(C)c1-c1cc([N+](=O)[O-])ccc1N1CCC(N2CCN(C)CC2)CC1. The zero-order valence-corrected chi connectivity index (χ0v) is 17.4. The fourth-order valence-corrected chi connectivity index (χ4v) is 4.64. The smallest absolute Gasteiger partial charge is 0.270 e. The number of non-ortho nitro benzene ring substituents is 1. The molecule has 0 amide bonds. The van der Waals surface area contributed by atoms with Gasteiger partial charge in [0.15, 0.2) is 0 Å². The highest BCUT2D eigenvalue weighted by Gasteiger charge is 2.29. The summed E-state index contributed by atoms with van der Waals surface area (Å²) >= 11 is 0. The summed E-state index contributed by atoms with van der Waals surface area (Å²) in [7, 11) is 2.19. The molecule has 1 aromatic heterocycles. The molecule has 2 aliphatic heterocycles. The summed E-state index contributed by atoms with van der Waals surface area (Å²) in [5.41, 5.74) is 3.59. The number of hydrogen-bond donors (Lipinski definition) is 0. The Morgan fingerprint density at radius 3 is 2.38 bits per heavy atom. The van der Waals surface area contributed by atoms with Gasteiger partial charge in [-0.05, 0) is 39.8 Å². The van der Waals surface area contributed by atoms with E-state index in [1.165, 1.54) is 0 Å². The molecule has 8 heteroatoms. The molecule has 8 nitrogen and oxygen atoms in total. The number of benzene rings is 1. The van der Waals surface area contributed by atoms with Gasteiger partial charge in [0.25, 0.3) is 5.69 Å². The molecule has 0 saturated carbocycles. The second-order valence-corrected chi connectivity index (χ2v) is 8.22. The Morgan fingerprint density at radius 1 is 1.10 bits per heavy atom. The van der Waals surface area contributed by atoms with Gasteiger partial charge in [-0.3, -0.25) is 15.0 Å². The predicted molar refractivity (Wildman–Crippen MR) is 112 cm³/mol. The minimum Gasteiger partial charge on any atom is -0.371 e. The van der Waals surface area contributed by atoms with E-state index in [0.717, 1.165) is 74.6 Å². The van der Waals surface area contributed by atoms with Gasteiger partial charge < -0.3 is 14.3 Å². The number of nitro groups is 1. The Bertz CT molecular complexity index is 861. The molecule has 2 fully saturated rings. The number of aromatic nitrogens is 1. The standard InChI is InChI=1S/C21H29N5O3/c1-15-21(16(2)29-22-15)19-14-18(26(27)28)4-5-20(19)25-8-6-17(7-9-25)24-12-10-23(3)11-13-24/h4-5,14,17H,6-13H2,1-3H3. The Morgan fingerprint density at radius 2 is 1.79 bits per heavy atom. The summed E-state index contributed by atoms with van der Waals surface area (Å²) in [4.78, 5) is 18.4. The first kappa shape index (κ1) is 19.8. The minimum atomic E-state index is -0.342. The molecule has 0 bridgehead atoms. The molecule has 0 aliphatic carbocycles. The van der Waals surface area contributed by atoms with Gasteiger partial charge in [-0.25, -0.2) is 0 Å². The average molecular weight is 399 g/mol. The van der Waals surface area contributed by atoms with Crippen LogP contribution in [0.1, 0.15) is 24.3 Å². The quantitative estimate of drug-likeness (QED) is 0.577. The molecule has 2 saturated heterocycles. The molecule has 0 spiro atoms. The molecule has 29 heavy (non-hydrogen) atoms. The van der Waals surface area contributed by atoms with Crippen molar-refractivity contribution in [3.05, 3.63) is 39.8 Å². The van der Waals surface area contributed by atoms with E-state index in [9.17, 15) is 10.1 Å². The summed E-state index contributed by atoms with van der Waals surface area (Å²) in [6, 6.07) is 5.77. The molecule has 4 rings (SSSR count). The highest BCUT2D eigenvalue weighted by atomic mass is 16.6. The summed E-state index contributed by atoms with van der Waals surface area (Å²) in [5, 5.41) is 15.4. The van der Waals surface area contributed by atoms with Crippen LogP contribution in [0.2, 0.25) is 0 Å². The van der Waals surface area contributed by atoms with Gasteiger partial charge in [-0.15, -0.1) is 0 Å². The van der Waals surface area contributed by atoms with Gasteiger partial charge >= 0.3 is 0 Å². The first-order valence-electron chi connectivity index (χ1n) is 10.3. The van der Waals surface area contributed by atoms with Crippen molar-refractivity contribution in [2.75, 3.05) is 51.2 Å². The van der Waals surface area contributed by atoms with Crippen molar-refractivity contribution in [1.82, 2.24) is 15.0 Å². The van der Waals surface area contributed by atoms with Crippen LogP contribution in [0.3, 0.4) is 0 Å². The topological polar surface area (TPSA) is 78.9 Å². The monoisotopic (exact) mass is 399 g/mol. The van der Waals surface area contributed by atoms with Crippen LogP contribution in [0.4, 0.5) is 11.4 Å². The van der Waals surface area contributed by atoms with E-state index in [1.54, 1.807) is 12.1 Å². The molecular weight excluding hydrogens is 370 g/mol. The van der Waals surface area contributed by atoms with Gasteiger partial charge in [0.05, 0.1) is 10.6 Å². The van der Waals surface area contributed by atoms with Crippen LogP contribution in [0.15, 0.2) is 22.7 Å². The van der Waals surface area contributed by atoms with E-state index in [2.05, 4.69) is 26.9 Å². The first-order valence-corrected chi connectivity index (χ1v) is 10.3. The maximum absolute atomic E-state index is 11.4. The maximum Gasteiger partial charge on any atom is 0.270 e. The summed E-state index contributed by atoms with van der Waals surface area (Å²) in [5.74, 6) is 0.691. The summed E-state index contributed by atoms with van der Waals surface area (Å²) < 4.78 is 5.35. The third-order valence-electron chi connectivity index (χ3n) is 6.35. The van der Waals surface area contributed by atoms with Crippen molar-refractivity contribution in [1.29, 1.82) is 0 Å². The third kappa shape index (κ3) is 4.00. The number of anilines is 1. The van der Waals surface area contributed by atoms with Crippen molar-refractivity contribution in [3.8, 4) is 11.1 Å². The molecule has 0 unspecified atom stereocenters. The van der Waals surface area contributed by atoms with Crippen LogP contribution in [-0.2, 0) is 0 Å². The minimum absolute atomic E-state index is 0.0936. The number of piperazine rings is 1. The van der Waals surface area contributed by atoms with Gasteiger partial charge in [0.2, 0.25) is 0 Å². The van der Waals surface area contributed by atoms with Gasteiger partial charge in [-0.2, -0.15) is 0 Å². The Hall–Kier alpha value is -2.45. The first-order chi connectivity index (χ1) is 13.9. The van der Waals surface area contributed by atoms with Crippen LogP contribution < -0.4 is 4.90 Å². The van der Waals surface area contributed by atoms with Crippen LogP contribution in [0, 0.1) is 24.0 Å². The van der Waals surface area contributed by atoms with E-state index in [1.807, 2.05) is 19.9 Å². The third-order valence-corrected chi connectivity index (χ3v) is 6.35. The van der Waals surface area contributed by atoms with Crippen LogP contribution in [-0.4, -0.2) is 72.2 Å². The number of piperidine rings is 1. The zero-order valence-electron chi connectivity index (χ0n) is 17.4. The molecule has 2 aromatic rings. The molecule has 2 aliphatic rings. The van der Waals surface area contributed by atoms with Crippen molar-refractivity contribution in [2.45, 2.75) is 32.7 Å². The van der Waals surface area contributed by atoms with E-state index in [0.29, 0.717) is 11.8 Å². The molecule has 0 N–H and O–H groups in total. The lowest BCUT2D eigenvalue weighted by molar-refractivity contribution is -0.384. The molecule has 1 aromatic carbocycles.